The van der Waals surface area contributed by atoms with Gasteiger partial charge < -0.3 is 4.43 Å². The zero-order chi connectivity index (χ0) is 19.2. The average molecular weight is 371 g/mol. The van der Waals surface area contributed by atoms with Crippen molar-refractivity contribution < 1.29 is 13.6 Å². The van der Waals surface area contributed by atoms with Crippen LogP contribution in [0.25, 0.3) is 0 Å². The smallest absolute Gasteiger partial charge is 0.261 e. The molecule has 0 unspecified atom stereocenters. The van der Waals surface area contributed by atoms with E-state index in [2.05, 4.69) is 45.0 Å². The predicted octanol–water partition coefficient (Wildman–Crippen LogP) is 4.39. The topological polar surface area (TPSA) is 26.3 Å². The zero-order valence-corrected chi connectivity index (χ0v) is 16.9. The molecule has 2 aromatic rings. The van der Waals surface area contributed by atoms with Crippen molar-refractivity contribution in [3.05, 3.63) is 72.6 Å². The van der Waals surface area contributed by atoms with E-state index in [1.165, 1.54) is 16.4 Å². The minimum atomic E-state index is -2.63. The molecule has 0 saturated heterocycles. The fraction of sp³-hybridized carbons (Fsp3) is 0.318. The molecule has 0 aromatic heterocycles. The van der Waals surface area contributed by atoms with Crippen molar-refractivity contribution in [1.29, 1.82) is 0 Å². The molecule has 2 aromatic carbocycles. The Bertz CT molecular complexity index is 696. The van der Waals surface area contributed by atoms with Gasteiger partial charge in [0.15, 0.2) is 12.1 Å². The van der Waals surface area contributed by atoms with Crippen molar-refractivity contribution >= 4 is 25.0 Å². The number of rotatable bonds is 7. The summed E-state index contributed by atoms with van der Waals surface area (Å²) in [6.45, 7) is 8.54. The minimum absolute atomic E-state index is 0.128. The molecule has 0 radical (unpaired) electrons. The highest BCUT2D eigenvalue weighted by Crippen LogP contribution is 2.37. The van der Waals surface area contributed by atoms with Gasteiger partial charge in [-0.1, -0.05) is 81.4 Å². The summed E-state index contributed by atoms with van der Waals surface area (Å²) in [5, 5.41) is 2.24. The zero-order valence-electron chi connectivity index (χ0n) is 15.9. The Morgan fingerprint density at radius 1 is 1.04 bits per heavy atom. The van der Waals surface area contributed by atoms with E-state index in [0.717, 1.165) is 0 Å². The van der Waals surface area contributed by atoms with Crippen LogP contribution in [0.15, 0.2) is 72.6 Å². The lowest BCUT2D eigenvalue weighted by Gasteiger charge is -2.44. The first-order valence-electron chi connectivity index (χ1n) is 8.91. The maximum Gasteiger partial charge on any atom is 0.261 e. The first kappa shape index (κ1) is 20.3. The van der Waals surface area contributed by atoms with Gasteiger partial charge in [-0.3, -0.25) is 4.79 Å². The molecule has 0 spiro atoms. The van der Waals surface area contributed by atoms with E-state index >= 15 is 0 Å². The fourth-order valence-corrected chi connectivity index (χ4v) is 8.08. The number of carbonyl (C=O) groups is 1. The second-order valence-electron chi connectivity index (χ2n) is 7.53. The lowest BCUT2D eigenvalue weighted by Crippen LogP contribution is -2.67. The molecule has 0 aliphatic heterocycles. The summed E-state index contributed by atoms with van der Waals surface area (Å²) < 4.78 is 20.0. The van der Waals surface area contributed by atoms with E-state index in [1.54, 1.807) is 0 Å². The lowest BCUT2D eigenvalue weighted by atomic mass is 10.2. The molecular weight excluding hydrogens is 343 g/mol. The van der Waals surface area contributed by atoms with Gasteiger partial charge in [0.05, 0.1) is 0 Å². The highest BCUT2D eigenvalue weighted by molar-refractivity contribution is 6.99. The molecule has 2 nitrogen and oxygen atoms in total. The summed E-state index contributed by atoms with van der Waals surface area (Å²) in [5.74, 6) is -0.747. The normalized spacial score (nSPS) is 14.1. The third-order valence-electron chi connectivity index (χ3n) is 4.55. The minimum Gasteiger partial charge on any atom is -0.404 e. The van der Waals surface area contributed by atoms with Gasteiger partial charge in [0.2, 0.25) is 0 Å². The molecule has 0 N–H and O–H groups in total. The van der Waals surface area contributed by atoms with Crippen LogP contribution < -0.4 is 10.4 Å². The van der Waals surface area contributed by atoms with Gasteiger partial charge in [0.1, 0.15) is 0 Å². The predicted molar refractivity (Wildman–Crippen MR) is 108 cm³/mol. The Hall–Kier alpha value is -2.04. The van der Waals surface area contributed by atoms with E-state index in [4.69, 9.17) is 4.43 Å². The molecule has 2 rings (SSSR count). The van der Waals surface area contributed by atoms with Crippen LogP contribution in [-0.2, 0) is 9.22 Å². The SMILES string of the molecule is C[C@H](C/C=C(/F)C=O)O[Si](c1ccccc1)(c1ccccc1)C(C)(C)C. The Labute approximate surface area is 156 Å². The van der Waals surface area contributed by atoms with Crippen LogP contribution in [0, 0.1) is 0 Å². The molecule has 4 heteroatoms. The molecule has 0 aliphatic carbocycles. The van der Waals surface area contributed by atoms with Gasteiger partial charge in [0.25, 0.3) is 8.32 Å². The van der Waals surface area contributed by atoms with Crippen molar-refractivity contribution in [3.63, 3.8) is 0 Å². The summed E-state index contributed by atoms with van der Waals surface area (Å²) in [6, 6.07) is 20.6. The third kappa shape index (κ3) is 4.37. The molecule has 0 fully saturated rings. The molecule has 1 atom stereocenters. The molecule has 26 heavy (non-hydrogen) atoms. The first-order chi connectivity index (χ1) is 12.3. The lowest BCUT2D eigenvalue weighted by molar-refractivity contribution is -0.106. The maximum atomic E-state index is 13.3. The van der Waals surface area contributed by atoms with E-state index < -0.39 is 14.1 Å². The van der Waals surface area contributed by atoms with Gasteiger partial charge in [-0.15, -0.1) is 0 Å². The van der Waals surface area contributed by atoms with E-state index in [0.29, 0.717) is 6.42 Å². The molecule has 0 aliphatic rings. The van der Waals surface area contributed by atoms with Gasteiger partial charge in [-0.05, 0) is 34.8 Å². The maximum absolute atomic E-state index is 13.3. The largest absolute Gasteiger partial charge is 0.404 e. The van der Waals surface area contributed by atoms with Gasteiger partial charge in [-0.2, -0.15) is 0 Å². The standard InChI is InChI=1S/C22H27FO2Si/c1-18(15-16-19(23)17-24)25-26(22(2,3)4,20-11-7-5-8-12-20)21-13-9-6-10-14-21/h5-14,16-18H,15H2,1-4H3/b19-16+/t18-/m1/s1. The number of benzene rings is 2. The molecule has 0 heterocycles. The van der Waals surface area contributed by atoms with Crippen molar-refractivity contribution in [2.24, 2.45) is 0 Å². The summed E-state index contributed by atoms with van der Waals surface area (Å²) in [5.41, 5.74) is 0. The van der Waals surface area contributed by atoms with Crippen LogP contribution in [0.5, 0.6) is 0 Å². The van der Waals surface area contributed by atoms with Crippen molar-refractivity contribution in [2.75, 3.05) is 0 Å². The Kier molecular flexibility index (Phi) is 6.67. The van der Waals surface area contributed by atoms with Gasteiger partial charge in [0, 0.05) is 6.10 Å². The van der Waals surface area contributed by atoms with Crippen molar-refractivity contribution in [3.8, 4) is 0 Å². The second kappa shape index (κ2) is 8.56. The summed E-state index contributed by atoms with van der Waals surface area (Å²) in [4.78, 5) is 10.5. The number of hydrogen-bond acceptors (Lipinski definition) is 2. The van der Waals surface area contributed by atoms with Crippen LogP contribution in [0.2, 0.25) is 5.04 Å². The Morgan fingerprint density at radius 2 is 1.50 bits per heavy atom. The second-order valence-corrected chi connectivity index (χ2v) is 11.8. The Balaban J connectivity index is 2.55. The Morgan fingerprint density at radius 3 is 1.88 bits per heavy atom. The number of halogens is 1. The van der Waals surface area contributed by atoms with Crippen LogP contribution in [0.3, 0.4) is 0 Å². The van der Waals surface area contributed by atoms with Crippen molar-refractivity contribution in [2.45, 2.75) is 45.3 Å². The number of hydrogen-bond donors (Lipinski definition) is 0. The number of allylic oxidation sites excluding steroid dienone is 1. The van der Waals surface area contributed by atoms with Crippen LogP contribution in [0.4, 0.5) is 4.39 Å². The summed E-state index contributed by atoms with van der Waals surface area (Å²) in [6.07, 6.45) is 1.67. The van der Waals surface area contributed by atoms with Crippen LogP contribution in [0.1, 0.15) is 34.1 Å². The number of aldehydes is 1. The monoisotopic (exact) mass is 370 g/mol. The highest BCUT2D eigenvalue weighted by atomic mass is 28.4. The highest BCUT2D eigenvalue weighted by Gasteiger charge is 2.50. The molecule has 0 amide bonds. The quantitative estimate of drug-likeness (QED) is 0.410. The van der Waals surface area contributed by atoms with Crippen LogP contribution >= 0.6 is 0 Å². The first-order valence-corrected chi connectivity index (χ1v) is 10.8. The summed E-state index contributed by atoms with van der Waals surface area (Å²) >= 11 is 0. The van der Waals surface area contributed by atoms with Crippen molar-refractivity contribution in [1.82, 2.24) is 0 Å². The van der Waals surface area contributed by atoms with E-state index in [9.17, 15) is 9.18 Å². The van der Waals surface area contributed by atoms with Crippen LogP contribution in [-0.4, -0.2) is 20.7 Å². The molecule has 0 bridgehead atoms. The van der Waals surface area contributed by atoms with E-state index in [-0.39, 0.29) is 17.4 Å². The average Bonchev–Trinajstić information content (AvgIpc) is 2.64. The molecular formula is C22H27FO2Si. The fourth-order valence-electron chi connectivity index (χ4n) is 3.37. The summed E-state index contributed by atoms with van der Waals surface area (Å²) in [7, 11) is -2.63. The molecule has 0 saturated carbocycles. The van der Waals surface area contributed by atoms with Gasteiger partial charge >= 0.3 is 0 Å². The van der Waals surface area contributed by atoms with E-state index in [1.807, 2.05) is 43.3 Å². The molecule has 138 valence electrons. The third-order valence-corrected chi connectivity index (χ3v) is 9.71. The van der Waals surface area contributed by atoms with Gasteiger partial charge in [-0.25, -0.2) is 4.39 Å². The number of carbonyl (C=O) groups excluding carboxylic acids is 1.